The summed E-state index contributed by atoms with van der Waals surface area (Å²) in [6.07, 6.45) is -3.26. The molecule has 33 heavy (non-hydrogen) atoms. The van der Waals surface area contributed by atoms with Gasteiger partial charge in [0.1, 0.15) is 0 Å². The zero-order chi connectivity index (χ0) is 23.8. The van der Waals surface area contributed by atoms with Gasteiger partial charge in [-0.2, -0.15) is 18.2 Å². The number of piperidine rings is 1. The molecule has 0 aliphatic carbocycles. The molecule has 0 atom stereocenters. The van der Waals surface area contributed by atoms with Crippen LogP contribution in [0.1, 0.15) is 24.8 Å². The van der Waals surface area contributed by atoms with Crippen molar-refractivity contribution in [3.63, 3.8) is 0 Å². The number of nitrogens with one attached hydrogen (secondary N) is 2. The van der Waals surface area contributed by atoms with Crippen LogP contribution < -0.4 is 15.6 Å². The number of anilines is 2. The lowest BCUT2D eigenvalue weighted by Crippen LogP contribution is -2.55. The lowest BCUT2D eigenvalue weighted by atomic mass is 9.86. The molecule has 0 unspecified atom stereocenters. The number of nitrogens with zero attached hydrogens (tertiary/aromatic N) is 3. The van der Waals surface area contributed by atoms with E-state index in [0.717, 1.165) is 35.0 Å². The number of hydrazine groups is 1. The number of urea groups is 1. The Kier molecular flexibility index (Phi) is 5.70. The van der Waals surface area contributed by atoms with Gasteiger partial charge in [-0.1, -0.05) is 0 Å². The van der Waals surface area contributed by atoms with Crippen LogP contribution in [0.15, 0.2) is 48.5 Å². The fourth-order valence-electron chi connectivity index (χ4n) is 4.06. The smallest absolute Gasteiger partial charge is 0.371 e. The zero-order valence-electron chi connectivity index (χ0n) is 17.3. The Bertz CT molecular complexity index is 1060. The molecule has 9 nitrogen and oxygen atoms in total. The minimum atomic E-state index is -4.48. The van der Waals surface area contributed by atoms with Gasteiger partial charge < -0.3 is 10.2 Å². The Labute approximate surface area is 186 Å². The van der Waals surface area contributed by atoms with E-state index < -0.39 is 34.1 Å². The number of amides is 3. The van der Waals surface area contributed by atoms with Gasteiger partial charge in [-0.3, -0.25) is 14.9 Å². The molecule has 2 heterocycles. The quantitative estimate of drug-likeness (QED) is 0.528. The summed E-state index contributed by atoms with van der Waals surface area (Å²) in [6.45, 7) is 1.15. The predicted molar refractivity (Wildman–Crippen MR) is 112 cm³/mol. The van der Waals surface area contributed by atoms with Crippen molar-refractivity contribution in [2.75, 3.05) is 23.3 Å². The maximum Gasteiger partial charge on any atom is 0.416 e. The highest BCUT2D eigenvalue weighted by atomic mass is 19.4. The molecule has 4 rings (SSSR count). The molecule has 2 aliphatic rings. The summed E-state index contributed by atoms with van der Waals surface area (Å²) in [7, 11) is 0. The molecule has 2 aliphatic heterocycles. The Hall–Kier alpha value is -3.67. The van der Waals surface area contributed by atoms with Crippen molar-refractivity contribution in [1.29, 1.82) is 0 Å². The second kappa shape index (κ2) is 8.35. The molecule has 0 saturated carbocycles. The van der Waals surface area contributed by atoms with Gasteiger partial charge in [-0.25, -0.2) is 10.2 Å². The molecule has 12 heteroatoms. The van der Waals surface area contributed by atoms with Gasteiger partial charge in [0.25, 0.3) is 5.69 Å². The highest BCUT2D eigenvalue weighted by molar-refractivity contribution is 6.02. The van der Waals surface area contributed by atoms with Gasteiger partial charge in [-0.15, -0.1) is 0 Å². The third kappa shape index (κ3) is 4.75. The van der Waals surface area contributed by atoms with Crippen molar-refractivity contribution in [2.45, 2.75) is 31.0 Å². The molecule has 2 aromatic rings. The number of hydrogen-bond donors (Lipinski definition) is 2. The van der Waals surface area contributed by atoms with Crippen LogP contribution >= 0.6 is 0 Å². The van der Waals surface area contributed by atoms with Gasteiger partial charge in [0, 0.05) is 43.0 Å². The van der Waals surface area contributed by atoms with E-state index in [0.29, 0.717) is 25.9 Å². The predicted octanol–water partition coefficient (Wildman–Crippen LogP) is 3.92. The van der Waals surface area contributed by atoms with Crippen molar-refractivity contribution in [1.82, 2.24) is 10.4 Å². The number of carbonyl (C=O) groups is 2. The molecule has 2 aromatic carbocycles. The van der Waals surface area contributed by atoms with Crippen LogP contribution in [0.5, 0.6) is 0 Å². The first-order chi connectivity index (χ1) is 15.6. The summed E-state index contributed by atoms with van der Waals surface area (Å²) in [4.78, 5) is 37.4. The third-order valence-corrected chi connectivity index (χ3v) is 5.90. The van der Waals surface area contributed by atoms with E-state index in [9.17, 15) is 32.9 Å². The molecule has 2 N–H and O–H groups in total. The molecule has 2 fully saturated rings. The number of nitro benzene ring substituents is 1. The van der Waals surface area contributed by atoms with Crippen LogP contribution in [-0.4, -0.2) is 40.5 Å². The maximum atomic E-state index is 12.7. The summed E-state index contributed by atoms with van der Waals surface area (Å²) >= 11 is 0. The van der Waals surface area contributed by atoms with Crippen molar-refractivity contribution in [2.24, 2.45) is 0 Å². The molecule has 0 bridgehead atoms. The fourth-order valence-corrected chi connectivity index (χ4v) is 4.06. The van der Waals surface area contributed by atoms with Crippen LogP contribution in [0, 0.1) is 10.1 Å². The second-order valence-electron chi connectivity index (χ2n) is 8.06. The van der Waals surface area contributed by atoms with Crippen LogP contribution in [0.3, 0.4) is 0 Å². The number of imide groups is 1. The Morgan fingerprint density at radius 2 is 1.67 bits per heavy atom. The van der Waals surface area contributed by atoms with E-state index in [1.807, 2.05) is 4.90 Å². The van der Waals surface area contributed by atoms with E-state index in [2.05, 4.69) is 10.7 Å². The highest BCUT2D eigenvalue weighted by Gasteiger charge is 2.47. The number of nitro groups is 1. The largest absolute Gasteiger partial charge is 0.416 e. The number of hydrogen-bond acceptors (Lipinski definition) is 6. The first-order valence-electron chi connectivity index (χ1n) is 10.1. The number of carbonyl (C=O) groups excluding carboxylic acids is 2. The van der Waals surface area contributed by atoms with E-state index in [1.54, 1.807) is 12.1 Å². The zero-order valence-corrected chi connectivity index (χ0v) is 17.3. The van der Waals surface area contributed by atoms with Gasteiger partial charge >= 0.3 is 12.2 Å². The van der Waals surface area contributed by atoms with Crippen LogP contribution in [-0.2, 0) is 11.0 Å². The van der Waals surface area contributed by atoms with E-state index in [4.69, 9.17) is 0 Å². The molecule has 1 spiro atoms. The third-order valence-electron chi connectivity index (χ3n) is 5.90. The topological polar surface area (TPSA) is 108 Å². The van der Waals surface area contributed by atoms with Crippen molar-refractivity contribution in [3.05, 3.63) is 64.2 Å². The minimum Gasteiger partial charge on any atom is -0.371 e. The molecule has 3 amide bonds. The first-order valence-corrected chi connectivity index (χ1v) is 10.1. The van der Waals surface area contributed by atoms with Crippen molar-refractivity contribution < 1.29 is 27.7 Å². The molecule has 0 aromatic heterocycles. The summed E-state index contributed by atoms with van der Waals surface area (Å²) < 4.78 is 38.1. The van der Waals surface area contributed by atoms with E-state index in [-0.39, 0.29) is 17.8 Å². The fraction of sp³-hybridized carbons (Fsp3) is 0.333. The number of halogens is 3. The number of rotatable bonds is 3. The molecule has 2 saturated heterocycles. The second-order valence-corrected chi connectivity index (χ2v) is 8.06. The standard InChI is InChI=1S/C21H20F3N5O4/c22-21(23,24)14-1-3-15(4-2-14)25-19(31)28-18(30)13-20(26-28)9-11-27(12-10-20)16-5-7-17(8-6-16)29(32)33/h1-8,26H,9-13H2,(H,25,31). The van der Waals surface area contributed by atoms with Gasteiger partial charge in [-0.05, 0) is 49.2 Å². The summed E-state index contributed by atoms with van der Waals surface area (Å²) in [5.74, 6) is -0.428. The maximum absolute atomic E-state index is 12.7. The normalized spacial score (nSPS) is 18.0. The van der Waals surface area contributed by atoms with Crippen LogP contribution in [0.2, 0.25) is 0 Å². The molecule has 0 radical (unpaired) electrons. The van der Waals surface area contributed by atoms with Crippen molar-refractivity contribution >= 4 is 29.0 Å². The summed E-state index contributed by atoms with van der Waals surface area (Å²) in [6, 6.07) is 9.40. The molecular formula is C21H20F3N5O4. The van der Waals surface area contributed by atoms with Gasteiger partial charge in [0.15, 0.2) is 0 Å². The Balaban J connectivity index is 1.36. The SMILES string of the molecule is O=C1CC2(CCN(c3ccc([N+](=O)[O-])cc3)CC2)NN1C(=O)Nc1ccc(C(F)(F)F)cc1. The number of non-ortho nitro benzene ring substituents is 1. The highest BCUT2D eigenvalue weighted by Crippen LogP contribution is 2.34. The Morgan fingerprint density at radius 3 is 2.21 bits per heavy atom. The summed E-state index contributed by atoms with van der Waals surface area (Å²) in [5, 5.41) is 14.1. The lowest BCUT2D eigenvalue weighted by Gasteiger charge is -2.40. The van der Waals surface area contributed by atoms with Crippen LogP contribution in [0.4, 0.5) is 35.0 Å². The molecular weight excluding hydrogens is 443 g/mol. The summed E-state index contributed by atoms with van der Waals surface area (Å²) in [5.41, 5.74) is 2.51. The molecule has 174 valence electrons. The van der Waals surface area contributed by atoms with E-state index in [1.165, 1.54) is 12.1 Å². The van der Waals surface area contributed by atoms with Crippen LogP contribution in [0.25, 0.3) is 0 Å². The van der Waals surface area contributed by atoms with Gasteiger partial charge in [0.05, 0.1) is 16.0 Å². The minimum absolute atomic E-state index is 0.00462. The average molecular weight is 463 g/mol. The number of alkyl halides is 3. The monoisotopic (exact) mass is 463 g/mol. The number of benzene rings is 2. The first kappa shape index (κ1) is 22.5. The van der Waals surface area contributed by atoms with E-state index >= 15 is 0 Å². The van der Waals surface area contributed by atoms with Crippen molar-refractivity contribution in [3.8, 4) is 0 Å². The average Bonchev–Trinajstić information content (AvgIpc) is 3.10. The lowest BCUT2D eigenvalue weighted by molar-refractivity contribution is -0.384. The Morgan fingerprint density at radius 1 is 1.06 bits per heavy atom. The van der Waals surface area contributed by atoms with Gasteiger partial charge in [0.2, 0.25) is 5.91 Å².